The Morgan fingerprint density at radius 2 is 1.95 bits per heavy atom. The molecule has 126 valence electrons. The number of nitrogens with zero attached hydrogens (tertiary/aromatic N) is 1. The first-order chi connectivity index (χ1) is 9.78. The molecular formula is C16H25Cl2FN2O. The highest BCUT2D eigenvalue weighted by molar-refractivity contribution is 5.85. The minimum absolute atomic E-state index is 0. The van der Waals surface area contributed by atoms with Crippen LogP contribution in [0.3, 0.4) is 0 Å². The van der Waals surface area contributed by atoms with Gasteiger partial charge in [-0.3, -0.25) is 4.90 Å². The third kappa shape index (κ3) is 4.72. The normalized spacial score (nSPS) is 19.7. The van der Waals surface area contributed by atoms with E-state index in [0.29, 0.717) is 11.8 Å². The molecule has 1 aromatic rings. The summed E-state index contributed by atoms with van der Waals surface area (Å²) in [5.74, 6) is 0.936. The van der Waals surface area contributed by atoms with E-state index in [9.17, 15) is 4.39 Å². The van der Waals surface area contributed by atoms with Crippen LogP contribution in [0.15, 0.2) is 18.2 Å². The molecule has 1 saturated heterocycles. The second-order valence-corrected chi connectivity index (χ2v) is 5.87. The summed E-state index contributed by atoms with van der Waals surface area (Å²) in [7, 11) is 1.53. The quantitative estimate of drug-likeness (QED) is 0.880. The first-order valence-corrected chi connectivity index (χ1v) is 7.56. The zero-order valence-corrected chi connectivity index (χ0v) is 14.5. The summed E-state index contributed by atoms with van der Waals surface area (Å²) in [6, 6.07) is 5.74. The van der Waals surface area contributed by atoms with Crippen LogP contribution in [0.25, 0.3) is 0 Å². The lowest BCUT2D eigenvalue weighted by molar-refractivity contribution is 0.160. The maximum atomic E-state index is 13.6. The van der Waals surface area contributed by atoms with Crippen molar-refractivity contribution in [2.24, 2.45) is 5.92 Å². The molecule has 1 aliphatic heterocycles. The monoisotopic (exact) mass is 350 g/mol. The Morgan fingerprint density at radius 3 is 2.55 bits per heavy atom. The predicted molar refractivity (Wildman–Crippen MR) is 92.0 cm³/mol. The molecule has 1 heterocycles. The number of ether oxygens (including phenoxy) is 1. The van der Waals surface area contributed by atoms with Gasteiger partial charge in [0.15, 0.2) is 11.6 Å². The Bertz CT molecular complexity index is 465. The molecule has 2 fully saturated rings. The van der Waals surface area contributed by atoms with Crippen molar-refractivity contribution >= 4 is 24.8 Å². The van der Waals surface area contributed by atoms with Crippen LogP contribution >= 0.6 is 24.8 Å². The smallest absolute Gasteiger partial charge is 0.165 e. The summed E-state index contributed by atoms with van der Waals surface area (Å²) >= 11 is 0. The molecule has 1 aromatic carbocycles. The highest BCUT2D eigenvalue weighted by Gasteiger charge is 2.30. The Morgan fingerprint density at radius 1 is 1.27 bits per heavy atom. The Balaban J connectivity index is 0.00000121. The van der Waals surface area contributed by atoms with E-state index < -0.39 is 0 Å². The third-order valence-corrected chi connectivity index (χ3v) is 4.41. The number of benzene rings is 1. The molecule has 0 amide bonds. The van der Waals surface area contributed by atoms with Gasteiger partial charge in [-0.05, 0) is 30.0 Å². The fourth-order valence-electron chi connectivity index (χ4n) is 3.04. The molecule has 0 bridgehead atoms. The number of rotatable bonds is 5. The number of halogens is 3. The lowest BCUT2D eigenvalue weighted by Crippen LogP contribution is -2.45. The van der Waals surface area contributed by atoms with Crippen LogP contribution in [-0.2, 0) is 0 Å². The molecular weight excluding hydrogens is 326 g/mol. The molecule has 22 heavy (non-hydrogen) atoms. The van der Waals surface area contributed by atoms with Gasteiger partial charge >= 0.3 is 0 Å². The second kappa shape index (κ2) is 8.92. The van der Waals surface area contributed by atoms with E-state index in [1.54, 1.807) is 0 Å². The summed E-state index contributed by atoms with van der Waals surface area (Å²) in [5.41, 5.74) is 1.19. The predicted octanol–water partition coefficient (Wildman–Crippen LogP) is 3.42. The molecule has 1 atom stereocenters. The summed E-state index contributed by atoms with van der Waals surface area (Å²) in [5, 5.41) is 3.40. The summed E-state index contributed by atoms with van der Waals surface area (Å²) in [6.45, 7) is 4.22. The molecule has 3 nitrogen and oxygen atoms in total. The zero-order valence-electron chi connectivity index (χ0n) is 12.9. The van der Waals surface area contributed by atoms with Gasteiger partial charge in [-0.2, -0.15) is 0 Å². The van der Waals surface area contributed by atoms with Gasteiger partial charge < -0.3 is 10.1 Å². The summed E-state index contributed by atoms with van der Waals surface area (Å²) in [4.78, 5) is 2.53. The van der Waals surface area contributed by atoms with E-state index in [0.717, 1.165) is 32.1 Å². The molecule has 0 unspecified atom stereocenters. The molecule has 2 aliphatic rings. The van der Waals surface area contributed by atoms with E-state index >= 15 is 0 Å². The summed E-state index contributed by atoms with van der Waals surface area (Å²) in [6.07, 6.45) is 3.89. The van der Waals surface area contributed by atoms with Crippen LogP contribution < -0.4 is 10.1 Å². The fraction of sp³-hybridized carbons (Fsp3) is 0.625. The van der Waals surface area contributed by atoms with Crippen LogP contribution in [0, 0.1) is 11.7 Å². The van der Waals surface area contributed by atoms with Crippen LogP contribution in [0.4, 0.5) is 4.39 Å². The van der Waals surface area contributed by atoms with Crippen molar-refractivity contribution in [1.82, 2.24) is 10.2 Å². The highest BCUT2D eigenvalue weighted by atomic mass is 35.5. The zero-order chi connectivity index (χ0) is 13.9. The number of hydrogen-bond acceptors (Lipinski definition) is 3. The van der Waals surface area contributed by atoms with Crippen molar-refractivity contribution in [2.45, 2.75) is 25.3 Å². The fourth-order valence-corrected chi connectivity index (χ4v) is 3.04. The number of piperazine rings is 1. The number of methoxy groups -OCH3 is 1. The minimum Gasteiger partial charge on any atom is -0.494 e. The van der Waals surface area contributed by atoms with E-state index in [2.05, 4.69) is 10.2 Å². The molecule has 1 aliphatic carbocycles. The van der Waals surface area contributed by atoms with Crippen molar-refractivity contribution in [3.63, 3.8) is 0 Å². The van der Waals surface area contributed by atoms with Crippen molar-refractivity contribution in [1.29, 1.82) is 0 Å². The molecule has 1 saturated carbocycles. The SMILES string of the molecule is COc1cc([C@H](CC2CC2)N2CCNCC2)ccc1F.Cl.Cl. The van der Waals surface area contributed by atoms with Crippen LogP contribution in [0.1, 0.15) is 30.9 Å². The average molecular weight is 351 g/mol. The second-order valence-electron chi connectivity index (χ2n) is 5.87. The molecule has 0 spiro atoms. The van der Waals surface area contributed by atoms with E-state index in [1.165, 1.54) is 38.0 Å². The van der Waals surface area contributed by atoms with Gasteiger partial charge in [0.05, 0.1) is 7.11 Å². The Hall–Kier alpha value is -0.550. The third-order valence-electron chi connectivity index (χ3n) is 4.41. The number of nitrogens with one attached hydrogen (secondary N) is 1. The van der Waals surface area contributed by atoms with Crippen LogP contribution in [0.2, 0.25) is 0 Å². The van der Waals surface area contributed by atoms with Gasteiger partial charge in [-0.15, -0.1) is 24.8 Å². The van der Waals surface area contributed by atoms with Crippen molar-refractivity contribution in [2.75, 3.05) is 33.3 Å². The largest absolute Gasteiger partial charge is 0.494 e. The van der Waals surface area contributed by atoms with Gasteiger partial charge in [0.25, 0.3) is 0 Å². The summed E-state index contributed by atoms with van der Waals surface area (Å²) < 4.78 is 18.7. The van der Waals surface area contributed by atoms with Crippen LogP contribution in [-0.4, -0.2) is 38.2 Å². The Labute approximate surface area is 144 Å². The van der Waals surface area contributed by atoms with Gasteiger partial charge in [-0.25, -0.2) is 4.39 Å². The molecule has 6 heteroatoms. The topological polar surface area (TPSA) is 24.5 Å². The molecule has 0 radical (unpaired) electrons. The van der Waals surface area contributed by atoms with Crippen molar-refractivity contribution in [3.8, 4) is 5.75 Å². The first-order valence-electron chi connectivity index (χ1n) is 7.56. The van der Waals surface area contributed by atoms with Gasteiger partial charge in [0.2, 0.25) is 0 Å². The lowest BCUT2D eigenvalue weighted by Gasteiger charge is -2.35. The maximum Gasteiger partial charge on any atom is 0.165 e. The average Bonchev–Trinajstić information content (AvgIpc) is 3.30. The maximum absolute atomic E-state index is 13.6. The van der Waals surface area contributed by atoms with E-state index in [1.807, 2.05) is 12.1 Å². The van der Waals surface area contributed by atoms with Gasteiger partial charge in [-0.1, -0.05) is 18.9 Å². The standard InChI is InChI=1S/C16H23FN2O.2ClH/c1-20-16-11-13(4-5-14(16)17)15(10-12-2-3-12)19-8-6-18-7-9-19;;/h4-5,11-12,15,18H,2-3,6-10H2,1H3;2*1H/t15-;;/m0../s1. The van der Waals surface area contributed by atoms with E-state index in [-0.39, 0.29) is 30.6 Å². The van der Waals surface area contributed by atoms with Crippen LogP contribution in [0.5, 0.6) is 5.75 Å². The molecule has 1 N–H and O–H groups in total. The first kappa shape index (κ1) is 19.5. The van der Waals surface area contributed by atoms with Gasteiger partial charge in [0.1, 0.15) is 0 Å². The minimum atomic E-state index is -0.276. The molecule has 3 rings (SSSR count). The van der Waals surface area contributed by atoms with E-state index in [4.69, 9.17) is 4.74 Å². The van der Waals surface area contributed by atoms with Crippen molar-refractivity contribution < 1.29 is 9.13 Å². The van der Waals surface area contributed by atoms with Crippen molar-refractivity contribution in [3.05, 3.63) is 29.6 Å². The Kier molecular flexibility index (Phi) is 7.90. The van der Waals surface area contributed by atoms with Gasteiger partial charge in [0, 0.05) is 32.2 Å². The highest BCUT2D eigenvalue weighted by Crippen LogP contribution is 2.40. The molecule has 0 aromatic heterocycles. The lowest BCUT2D eigenvalue weighted by atomic mass is 9.98. The number of hydrogen-bond donors (Lipinski definition) is 1.